The third-order valence-corrected chi connectivity index (χ3v) is 4.05. The van der Waals surface area contributed by atoms with E-state index < -0.39 is 0 Å². The monoisotopic (exact) mass is 370 g/mol. The summed E-state index contributed by atoms with van der Waals surface area (Å²) in [5, 5.41) is 5.96. The minimum Gasteiger partial charge on any atom is -0.352 e. The molecule has 2 rings (SSSR count). The molecule has 0 bridgehead atoms. The minimum atomic E-state index is -0.312. The first-order chi connectivity index (χ1) is 12.5. The number of hydrogen-bond donors (Lipinski definition) is 2. The molecule has 5 heteroatoms. The Bertz CT molecular complexity index is 786. The zero-order chi connectivity index (χ0) is 18.9. The van der Waals surface area contributed by atoms with Gasteiger partial charge in [0.25, 0.3) is 5.91 Å². The highest BCUT2D eigenvalue weighted by Gasteiger charge is 2.10. The number of amides is 2. The van der Waals surface area contributed by atoms with Crippen LogP contribution < -0.4 is 10.6 Å². The van der Waals surface area contributed by atoms with Gasteiger partial charge in [0.1, 0.15) is 0 Å². The summed E-state index contributed by atoms with van der Waals surface area (Å²) in [6, 6.07) is 14.3. The highest BCUT2D eigenvalue weighted by molar-refractivity contribution is 6.34. The molecule has 0 saturated carbocycles. The van der Waals surface area contributed by atoms with Crippen molar-refractivity contribution in [2.45, 2.75) is 20.3 Å². The molecule has 136 valence electrons. The van der Waals surface area contributed by atoms with Gasteiger partial charge in [0.2, 0.25) is 5.91 Å². The highest BCUT2D eigenvalue weighted by Crippen LogP contribution is 2.23. The summed E-state index contributed by atoms with van der Waals surface area (Å²) in [6.45, 7) is 4.82. The van der Waals surface area contributed by atoms with Crippen molar-refractivity contribution in [2.75, 3.05) is 11.9 Å². The maximum absolute atomic E-state index is 12.2. The zero-order valence-electron chi connectivity index (χ0n) is 15.0. The van der Waals surface area contributed by atoms with Crippen LogP contribution in [0.15, 0.2) is 54.6 Å². The number of nitrogens with one attached hydrogen (secondary N) is 2. The van der Waals surface area contributed by atoms with Gasteiger partial charge < -0.3 is 10.6 Å². The standard InChI is InChI=1S/C21H23ClN2O2/c1-15(2)12-13-23-21(26)17-9-10-18(22)19(14-17)24-20(25)11-8-16-6-4-3-5-7-16/h3-11,14-15H,12-13H2,1-2H3,(H,23,26)(H,24,25). The van der Waals surface area contributed by atoms with Crippen LogP contribution in [-0.4, -0.2) is 18.4 Å². The Labute approximate surface area is 159 Å². The van der Waals surface area contributed by atoms with E-state index in [2.05, 4.69) is 24.5 Å². The van der Waals surface area contributed by atoms with E-state index in [1.165, 1.54) is 6.08 Å². The molecular weight excluding hydrogens is 348 g/mol. The Kier molecular flexibility index (Phi) is 7.42. The van der Waals surface area contributed by atoms with E-state index in [-0.39, 0.29) is 11.8 Å². The lowest BCUT2D eigenvalue weighted by atomic mass is 10.1. The molecule has 0 heterocycles. The SMILES string of the molecule is CC(C)CCNC(=O)c1ccc(Cl)c(NC(=O)C=Cc2ccccc2)c1. The quantitative estimate of drug-likeness (QED) is 0.690. The van der Waals surface area contributed by atoms with Crippen LogP contribution in [0.2, 0.25) is 5.02 Å². The lowest BCUT2D eigenvalue weighted by Crippen LogP contribution is -2.25. The molecule has 0 unspecified atom stereocenters. The van der Waals surface area contributed by atoms with Crippen molar-refractivity contribution in [1.29, 1.82) is 0 Å². The molecule has 0 aliphatic heterocycles. The Morgan fingerprint density at radius 2 is 1.85 bits per heavy atom. The largest absolute Gasteiger partial charge is 0.352 e. The van der Waals surface area contributed by atoms with Crippen molar-refractivity contribution >= 4 is 35.2 Å². The Morgan fingerprint density at radius 1 is 1.12 bits per heavy atom. The van der Waals surface area contributed by atoms with Crippen LogP contribution in [0.3, 0.4) is 0 Å². The van der Waals surface area contributed by atoms with Crippen LogP contribution in [0, 0.1) is 5.92 Å². The molecule has 0 saturated heterocycles. The summed E-state index contributed by atoms with van der Waals surface area (Å²) >= 11 is 6.14. The predicted octanol–water partition coefficient (Wildman–Crippen LogP) is 4.77. The average molecular weight is 371 g/mol. The van der Waals surface area contributed by atoms with Gasteiger partial charge in [0, 0.05) is 18.2 Å². The fourth-order valence-corrected chi connectivity index (χ4v) is 2.41. The third-order valence-electron chi connectivity index (χ3n) is 3.72. The Morgan fingerprint density at radius 3 is 2.54 bits per heavy atom. The van der Waals surface area contributed by atoms with Crippen molar-refractivity contribution in [3.63, 3.8) is 0 Å². The number of benzene rings is 2. The van der Waals surface area contributed by atoms with E-state index in [0.717, 1.165) is 12.0 Å². The van der Waals surface area contributed by atoms with Crippen molar-refractivity contribution in [1.82, 2.24) is 5.32 Å². The summed E-state index contributed by atoms with van der Waals surface area (Å²) in [6.07, 6.45) is 4.06. The molecule has 0 atom stereocenters. The Hall–Kier alpha value is -2.59. The topological polar surface area (TPSA) is 58.2 Å². The maximum Gasteiger partial charge on any atom is 0.251 e. The predicted molar refractivity (Wildman–Crippen MR) is 107 cm³/mol. The van der Waals surface area contributed by atoms with Crippen LogP contribution in [0.5, 0.6) is 0 Å². The van der Waals surface area contributed by atoms with E-state index in [9.17, 15) is 9.59 Å². The number of carbonyl (C=O) groups excluding carboxylic acids is 2. The van der Waals surface area contributed by atoms with Gasteiger partial charge in [-0.1, -0.05) is 55.8 Å². The van der Waals surface area contributed by atoms with Crippen molar-refractivity contribution in [3.05, 3.63) is 70.8 Å². The molecule has 0 radical (unpaired) electrons. The lowest BCUT2D eigenvalue weighted by molar-refractivity contribution is -0.111. The third kappa shape index (κ3) is 6.37. The second kappa shape index (κ2) is 9.78. The van der Waals surface area contributed by atoms with Crippen LogP contribution in [0.1, 0.15) is 36.2 Å². The first-order valence-corrected chi connectivity index (χ1v) is 8.95. The van der Waals surface area contributed by atoms with E-state index in [4.69, 9.17) is 11.6 Å². The van der Waals surface area contributed by atoms with Gasteiger partial charge in [-0.3, -0.25) is 9.59 Å². The number of anilines is 1. The van der Waals surface area contributed by atoms with Crippen LogP contribution in [0.4, 0.5) is 5.69 Å². The average Bonchev–Trinajstić information content (AvgIpc) is 2.62. The van der Waals surface area contributed by atoms with E-state index in [1.807, 2.05) is 30.3 Å². The van der Waals surface area contributed by atoms with Crippen LogP contribution in [-0.2, 0) is 4.79 Å². The molecule has 4 nitrogen and oxygen atoms in total. The molecular formula is C21H23ClN2O2. The molecule has 2 N–H and O–H groups in total. The molecule has 0 aliphatic carbocycles. The summed E-state index contributed by atoms with van der Waals surface area (Å²) in [5.74, 6) is 0.0255. The van der Waals surface area contributed by atoms with Gasteiger partial charge in [-0.25, -0.2) is 0 Å². The summed E-state index contributed by atoms with van der Waals surface area (Å²) in [5.41, 5.74) is 1.79. The number of hydrogen-bond acceptors (Lipinski definition) is 2. The molecule has 0 aromatic heterocycles. The van der Waals surface area contributed by atoms with E-state index >= 15 is 0 Å². The number of carbonyl (C=O) groups is 2. The van der Waals surface area contributed by atoms with Crippen LogP contribution in [0.25, 0.3) is 6.08 Å². The Balaban J connectivity index is 2.01. The van der Waals surface area contributed by atoms with Crippen molar-refractivity contribution < 1.29 is 9.59 Å². The minimum absolute atomic E-state index is 0.183. The first kappa shape index (κ1) is 19.7. The number of rotatable bonds is 7. The molecule has 2 aromatic carbocycles. The van der Waals surface area contributed by atoms with Gasteiger partial charge in [-0.15, -0.1) is 0 Å². The van der Waals surface area contributed by atoms with Gasteiger partial charge in [-0.05, 0) is 42.2 Å². The first-order valence-electron chi connectivity index (χ1n) is 8.57. The van der Waals surface area contributed by atoms with Crippen molar-refractivity contribution in [2.24, 2.45) is 5.92 Å². The summed E-state index contributed by atoms with van der Waals surface area (Å²) < 4.78 is 0. The second-order valence-corrected chi connectivity index (χ2v) is 6.77. The summed E-state index contributed by atoms with van der Waals surface area (Å²) in [4.78, 5) is 24.3. The van der Waals surface area contributed by atoms with Gasteiger partial charge in [0.15, 0.2) is 0 Å². The highest BCUT2D eigenvalue weighted by atomic mass is 35.5. The van der Waals surface area contributed by atoms with E-state index in [1.54, 1.807) is 24.3 Å². The molecule has 2 amide bonds. The normalized spacial score (nSPS) is 10.9. The van der Waals surface area contributed by atoms with Gasteiger partial charge >= 0.3 is 0 Å². The zero-order valence-corrected chi connectivity index (χ0v) is 15.7. The maximum atomic E-state index is 12.2. The molecule has 0 spiro atoms. The molecule has 2 aromatic rings. The molecule has 0 fully saturated rings. The van der Waals surface area contributed by atoms with Crippen LogP contribution >= 0.6 is 11.6 Å². The second-order valence-electron chi connectivity index (χ2n) is 6.37. The van der Waals surface area contributed by atoms with Gasteiger partial charge in [0.05, 0.1) is 10.7 Å². The van der Waals surface area contributed by atoms with Gasteiger partial charge in [-0.2, -0.15) is 0 Å². The molecule has 0 aliphatic rings. The lowest BCUT2D eigenvalue weighted by Gasteiger charge is -2.10. The fraction of sp³-hybridized carbons (Fsp3) is 0.238. The summed E-state index contributed by atoms with van der Waals surface area (Å²) in [7, 11) is 0. The van der Waals surface area contributed by atoms with Crippen molar-refractivity contribution in [3.8, 4) is 0 Å². The number of halogens is 1. The smallest absolute Gasteiger partial charge is 0.251 e. The molecule has 26 heavy (non-hydrogen) atoms. The fourth-order valence-electron chi connectivity index (χ4n) is 2.25. The van der Waals surface area contributed by atoms with E-state index in [0.29, 0.717) is 28.7 Å².